The summed E-state index contributed by atoms with van der Waals surface area (Å²) in [5.41, 5.74) is 5.15. The second kappa shape index (κ2) is 6.40. The standard InChI is InChI=1S/C20H19FN2O/c1-13-10-14(2)17(15(3)11-13)12-23-20(24)9-8-19(22-23)16-6-4-5-7-18(16)21/h4-11H,12H2,1-3H3. The van der Waals surface area contributed by atoms with E-state index in [2.05, 4.69) is 17.2 Å². The van der Waals surface area contributed by atoms with Gasteiger partial charge < -0.3 is 0 Å². The summed E-state index contributed by atoms with van der Waals surface area (Å²) in [5.74, 6) is -0.349. The first-order valence-corrected chi connectivity index (χ1v) is 7.85. The summed E-state index contributed by atoms with van der Waals surface area (Å²) < 4.78 is 15.4. The molecule has 0 spiro atoms. The van der Waals surface area contributed by atoms with Crippen molar-refractivity contribution in [3.8, 4) is 11.3 Å². The third-order valence-corrected chi connectivity index (χ3v) is 4.16. The molecule has 0 unspecified atom stereocenters. The molecule has 1 heterocycles. The summed E-state index contributed by atoms with van der Waals surface area (Å²) >= 11 is 0. The van der Waals surface area contributed by atoms with Crippen molar-refractivity contribution in [2.45, 2.75) is 27.3 Å². The van der Waals surface area contributed by atoms with Crippen molar-refractivity contribution in [2.75, 3.05) is 0 Å². The van der Waals surface area contributed by atoms with Crippen LogP contribution in [0, 0.1) is 26.6 Å². The SMILES string of the molecule is Cc1cc(C)c(Cn2nc(-c3ccccc3F)ccc2=O)c(C)c1. The summed E-state index contributed by atoms with van der Waals surface area (Å²) in [4.78, 5) is 12.2. The molecule has 0 N–H and O–H groups in total. The molecule has 0 aliphatic carbocycles. The number of hydrogen-bond donors (Lipinski definition) is 0. The predicted molar refractivity (Wildman–Crippen MR) is 93.6 cm³/mol. The average Bonchev–Trinajstić information content (AvgIpc) is 2.53. The highest BCUT2D eigenvalue weighted by molar-refractivity contribution is 5.58. The Morgan fingerprint density at radius 1 is 1.00 bits per heavy atom. The Labute approximate surface area is 140 Å². The van der Waals surface area contributed by atoms with Gasteiger partial charge in [-0.15, -0.1) is 0 Å². The lowest BCUT2D eigenvalue weighted by molar-refractivity contribution is 0.619. The van der Waals surface area contributed by atoms with Crippen LogP contribution in [-0.4, -0.2) is 9.78 Å². The van der Waals surface area contributed by atoms with Crippen molar-refractivity contribution in [2.24, 2.45) is 0 Å². The zero-order valence-electron chi connectivity index (χ0n) is 14.0. The maximum Gasteiger partial charge on any atom is 0.267 e. The third kappa shape index (κ3) is 3.13. The molecule has 4 heteroatoms. The molecule has 3 nitrogen and oxygen atoms in total. The van der Waals surface area contributed by atoms with Crippen LogP contribution < -0.4 is 5.56 Å². The lowest BCUT2D eigenvalue weighted by Gasteiger charge is -2.13. The van der Waals surface area contributed by atoms with E-state index in [0.29, 0.717) is 17.8 Å². The van der Waals surface area contributed by atoms with Crippen LogP contribution in [0.2, 0.25) is 0 Å². The van der Waals surface area contributed by atoms with E-state index in [1.165, 1.54) is 22.4 Å². The van der Waals surface area contributed by atoms with Gasteiger partial charge in [0.05, 0.1) is 12.2 Å². The number of aryl methyl sites for hydroxylation is 3. The fourth-order valence-corrected chi connectivity index (χ4v) is 2.98. The second-order valence-corrected chi connectivity index (χ2v) is 6.07. The summed E-state index contributed by atoms with van der Waals surface area (Å²) in [6.45, 7) is 6.48. The molecular weight excluding hydrogens is 303 g/mol. The molecule has 122 valence electrons. The maximum absolute atomic E-state index is 14.0. The molecule has 0 aliphatic rings. The Balaban J connectivity index is 2.05. The number of benzene rings is 2. The number of aromatic nitrogens is 2. The molecule has 0 amide bonds. The molecule has 0 aliphatic heterocycles. The highest BCUT2D eigenvalue weighted by atomic mass is 19.1. The first-order valence-electron chi connectivity index (χ1n) is 7.85. The van der Waals surface area contributed by atoms with Crippen molar-refractivity contribution in [3.05, 3.63) is 87.0 Å². The smallest absolute Gasteiger partial charge is 0.267 e. The van der Waals surface area contributed by atoms with Crippen molar-refractivity contribution in [3.63, 3.8) is 0 Å². The molecule has 0 bridgehead atoms. The van der Waals surface area contributed by atoms with Crippen molar-refractivity contribution >= 4 is 0 Å². The van der Waals surface area contributed by atoms with E-state index < -0.39 is 0 Å². The molecule has 0 saturated heterocycles. The molecule has 0 saturated carbocycles. The van der Waals surface area contributed by atoms with Crippen LogP contribution in [0.25, 0.3) is 11.3 Å². The van der Waals surface area contributed by atoms with Crippen molar-refractivity contribution < 1.29 is 4.39 Å². The average molecular weight is 322 g/mol. The van der Waals surface area contributed by atoms with Crippen LogP contribution in [0.4, 0.5) is 4.39 Å². The van der Waals surface area contributed by atoms with E-state index in [-0.39, 0.29) is 11.4 Å². The number of hydrogen-bond acceptors (Lipinski definition) is 2. The molecule has 0 atom stereocenters. The van der Waals surface area contributed by atoms with E-state index in [4.69, 9.17) is 0 Å². The monoisotopic (exact) mass is 322 g/mol. The van der Waals surface area contributed by atoms with E-state index in [9.17, 15) is 9.18 Å². The Hall–Kier alpha value is -2.75. The summed E-state index contributed by atoms with van der Waals surface area (Å²) in [6, 6.07) is 13.6. The third-order valence-electron chi connectivity index (χ3n) is 4.16. The van der Waals surface area contributed by atoms with Crippen LogP contribution in [0.15, 0.2) is 53.3 Å². The van der Waals surface area contributed by atoms with Gasteiger partial charge in [0.1, 0.15) is 5.82 Å². The topological polar surface area (TPSA) is 34.9 Å². The Morgan fingerprint density at radius 2 is 1.67 bits per heavy atom. The van der Waals surface area contributed by atoms with Gasteiger partial charge in [-0.25, -0.2) is 9.07 Å². The van der Waals surface area contributed by atoms with Gasteiger partial charge in [-0.1, -0.05) is 29.8 Å². The van der Waals surface area contributed by atoms with Crippen molar-refractivity contribution in [1.29, 1.82) is 0 Å². The fraction of sp³-hybridized carbons (Fsp3) is 0.200. The van der Waals surface area contributed by atoms with Gasteiger partial charge >= 0.3 is 0 Å². The van der Waals surface area contributed by atoms with Crippen LogP contribution in [0.5, 0.6) is 0 Å². The minimum absolute atomic E-state index is 0.200. The van der Waals surface area contributed by atoms with Gasteiger partial charge in [-0.2, -0.15) is 5.10 Å². The minimum atomic E-state index is -0.349. The molecule has 2 aromatic carbocycles. The zero-order chi connectivity index (χ0) is 17.3. The summed E-state index contributed by atoms with van der Waals surface area (Å²) in [7, 11) is 0. The first kappa shape index (κ1) is 16.1. The van der Waals surface area contributed by atoms with Gasteiger partial charge in [-0.05, 0) is 55.7 Å². The quantitative estimate of drug-likeness (QED) is 0.730. The molecule has 1 aromatic heterocycles. The normalized spacial score (nSPS) is 10.8. The molecule has 24 heavy (non-hydrogen) atoms. The van der Waals surface area contributed by atoms with Crippen LogP contribution >= 0.6 is 0 Å². The first-order chi connectivity index (χ1) is 11.5. The molecule has 3 rings (SSSR count). The van der Waals surface area contributed by atoms with Gasteiger partial charge in [-0.3, -0.25) is 4.79 Å². The van der Waals surface area contributed by atoms with E-state index >= 15 is 0 Å². The fourth-order valence-electron chi connectivity index (χ4n) is 2.98. The summed E-state index contributed by atoms with van der Waals surface area (Å²) in [6.07, 6.45) is 0. The second-order valence-electron chi connectivity index (χ2n) is 6.07. The van der Waals surface area contributed by atoms with Crippen LogP contribution in [0.3, 0.4) is 0 Å². The number of rotatable bonds is 3. The summed E-state index contributed by atoms with van der Waals surface area (Å²) in [5, 5.41) is 4.37. The van der Waals surface area contributed by atoms with Crippen molar-refractivity contribution in [1.82, 2.24) is 9.78 Å². The number of halogens is 1. The largest absolute Gasteiger partial charge is 0.268 e. The van der Waals surface area contributed by atoms with Gasteiger partial charge in [0.2, 0.25) is 0 Å². The molecular formula is C20H19FN2O. The Bertz CT molecular complexity index is 937. The predicted octanol–water partition coefficient (Wildman–Crippen LogP) is 4.02. The molecule has 3 aromatic rings. The highest BCUT2D eigenvalue weighted by Crippen LogP contribution is 2.20. The Kier molecular flexibility index (Phi) is 4.30. The molecule has 0 fully saturated rings. The van der Waals surface area contributed by atoms with Gasteiger partial charge in [0.25, 0.3) is 5.56 Å². The van der Waals surface area contributed by atoms with Gasteiger partial charge in [0, 0.05) is 11.6 Å². The zero-order valence-corrected chi connectivity index (χ0v) is 14.0. The van der Waals surface area contributed by atoms with E-state index in [0.717, 1.165) is 16.7 Å². The molecule has 0 radical (unpaired) electrons. The van der Waals surface area contributed by atoms with E-state index in [1.807, 2.05) is 20.8 Å². The minimum Gasteiger partial charge on any atom is -0.268 e. The number of nitrogens with zero attached hydrogens (tertiary/aromatic N) is 2. The van der Waals surface area contributed by atoms with E-state index in [1.54, 1.807) is 24.3 Å². The van der Waals surface area contributed by atoms with Gasteiger partial charge in [0.15, 0.2) is 0 Å². The maximum atomic E-state index is 14.0. The highest BCUT2D eigenvalue weighted by Gasteiger charge is 2.10. The lowest BCUT2D eigenvalue weighted by Crippen LogP contribution is -2.23. The van der Waals surface area contributed by atoms with Crippen LogP contribution in [-0.2, 0) is 6.54 Å². The Morgan fingerprint density at radius 3 is 2.33 bits per heavy atom. The lowest BCUT2D eigenvalue weighted by atomic mass is 10.00. The van der Waals surface area contributed by atoms with Crippen LogP contribution in [0.1, 0.15) is 22.3 Å².